The van der Waals surface area contributed by atoms with Gasteiger partial charge in [0.05, 0.1) is 13.1 Å². The molecule has 0 aromatic carbocycles. The lowest BCUT2D eigenvalue weighted by atomic mass is 10.3. The number of hydrogen-bond donors (Lipinski definition) is 0. The molecule has 0 radical (unpaired) electrons. The Labute approximate surface area is 168 Å². The smallest absolute Gasteiger partial charge is 0.167 e. The molecule has 2 fully saturated rings. The van der Waals surface area contributed by atoms with Crippen LogP contribution >= 0.6 is 0 Å². The molecule has 2 saturated heterocycles. The molecule has 0 unspecified atom stereocenters. The van der Waals surface area contributed by atoms with Crippen LogP contribution < -0.4 is 0 Å². The Kier molecular flexibility index (Phi) is 5.82. The molecule has 8 heteroatoms. The normalized spacial score (nSPS) is 20.9. The van der Waals surface area contributed by atoms with Gasteiger partial charge >= 0.3 is 0 Å². The van der Waals surface area contributed by atoms with Gasteiger partial charge in [-0.2, -0.15) is 0 Å². The lowest BCUT2D eigenvalue weighted by Gasteiger charge is -2.33. The highest BCUT2D eigenvalue weighted by Crippen LogP contribution is 2.16. The van der Waals surface area contributed by atoms with Crippen LogP contribution in [-0.4, -0.2) is 106 Å². The van der Waals surface area contributed by atoms with Gasteiger partial charge < -0.3 is 9.80 Å². The second kappa shape index (κ2) is 8.32. The summed E-state index contributed by atoms with van der Waals surface area (Å²) in [5.41, 5.74) is 2.44. The van der Waals surface area contributed by atoms with Crippen LogP contribution in [0.2, 0.25) is 0 Å². The molecule has 0 atom stereocenters. The quantitative estimate of drug-likeness (QED) is 0.746. The third kappa shape index (κ3) is 4.15. The van der Waals surface area contributed by atoms with Crippen molar-refractivity contribution in [2.45, 2.75) is 26.9 Å². The van der Waals surface area contributed by atoms with E-state index in [1.807, 2.05) is 0 Å². The molecule has 0 saturated carbocycles. The van der Waals surface area contributed by atoms with Gasteiger partial charge in [0.25, 0.3) is 0 Å². The average molecular weight is 387 g/mol. The molecule has 2 aromatic rings. The van der Waals surface area contributed by atoms with Crippen molar-refractivity contribution in [1.29, 1.82) is 0 Å². The van der Waals surface area contributed by atoms with E-state index in [4.69, 9.17) is 0 Å². The van der Waals surface area contributed by atoms with Gasteiger partial charge in [0, 0.05) is 63.7 Å². The van der Waals surface area contributed by atoms with Gasteiger partial charge in [-0.3, -0.25) is 14.5 Å². The summed E-state index contributed by atoms with van der Waals surface area (Å²) in [5, 5.41) is 9.30. The maximum absolute atomic E-state index is 4.65. The molecule has 28 heavy (non-hydrogen) atoms. The second-order valence-corrected chi connectivity index (χ2v) is 8.43. The van der Waals surface area contributed by atoms with E-state index in [0.717, 1.165) is 77.1 Å². The summed E-state index contributed by atoms with van der Waals surface area (Å²) in [4.78, 5) is 9.77. The van der Waals surface area contributed by atoms with Crippen molar-refractivity contribution in [3.8, 4) is 0 Å². The number of likely N-dealkylation sites (N-methyl/N-ethyl adjacent to an activating group) is 2. The van der Waals surface area contributed by atoms with Crippen LogP contribution in [0.5, 0.6) is 0 Å². The van der Waals surface area contributed by atoms with Gasteiger partial charge in [0.15, 0.2) is 11.6 Å². The van der Waals surface area contributed by atoms with Crippen LogP contribution in [0.4, 0.5) is 0 Å². The first-order valence-electron chi connectivity index (χ1n) is 10.4. The monoisotopic (exact) mass is 386 g/mol. The standard InChI is InChI=1S/C20H34N8/c1-17-5-6-18(2)27(17)28-19(15-25-11-7-23(3)8-12-25)21-22-20(28)16-26-13-9-24(4)10-14-26/h5-6H,7-16H2,1-4H3. The highest BCUT2D eigenvalue weighted by molar-refractivity contribution is 5.16. The molecule has 2 aliphatic rings. The van der Waals surface area contributed by atoms with E-state index in [0.29, 0.717) is 0 Å². The molecule has 4 heterocycles. The van der Waals surface area contributed by atoms with Crippen LogP contribution in [0.15, 0.2) is 12.1 Å². The van der Waals surface area contributed by atoms with Crippen molar-refractivity contribution >= 4 is 0 Å². The number of aromatic nitrogens is 4. The van der Waals surface area contributed by atoms with E-state index in [1.165, 1.54) is 11.4 Å². The van der Waals surface area contributed by atoms with Crippen LogP contribution in [0, 0.1) is 13.8 Å². The minimum absolute atomic E-state index is 0.848. The summed E-state index contributed by atoms with van der Waals surface area (Å²) in [6.45, 7) is 14.8. The fourth-order valence-electron chi connectivity index (χ4n) is 4.17. The Morgan fingerprint density at radius 2 is 1.04 bits per heavy atom. The number of nitrogens with zero attached hydrogens (tertiary/aromatic N) is 8. The molecular formula is C20H34N8. The highest BCUT2D eigenvalue weighted by atomic mass is 15.5. The van der Waals surface area contributed by atoms with E-state index in [1.54, 1.807) is 0 Å². The number of piperazine rings is 2. The SMILES string of the molecule is Cc1ccc(C)n1-n1c(CN2CCN(C)CC2)nnc1CN1CCN(C)CC1. The fraction of sp³-hybridized carbons (Fsp3) is 0.700. The van der Waals surface area contributed by atoms with Crippen molar-refractivity contribution in [3.63, 3.8) is 0 Å². The topological polar surface area (TPSA) is 48.6 Å². The molecule has 8 nitrogen and oxygen atoms in total. The summed E-state index contributed by atoms with van der Waals surface area (Å²) in [5.74, 6) is 2.08. The number of aryl methyl sites for hydroxylation is 2. The summed E-state index contributed by atoms with van der Waals surface area (Å²) < 4.78 is 4.54. The van der Waals surface area contributed by atoms with Gasteiger partial charge in [-0.15, -0.1) is 10.2 Å². The molecule has 2 aliphatic heterocycles. The molecule has 0 bridgehead atoms. The van der Waals surface area contributed by atoms with Gasteiger partial charge in [-0.05, 0) is 40.1 Å². The Hall–Kier alpha value is -1.74. The van der Waals surface area contributed by atoms with Crippen LogP contribution in [0.25, 0.3) is 0 Å². The first-order chi connectivity index (χ1) is 13.5. The summed E-state index contributed by atoms with van der Waals surface area (Å²) in [6, 6.07) is 4.35. The third-order valence-corrected chi connectivity index (χ3v) is 6.13. The molecular weight excluding hydrogens is 352 g/mol. The fourth-order valence-corrected chi connectivity index (χ4v) is 4.17. The molecule has 0 amide bonds. The van der Waals surface area contributed by atoms with E-state index in [2.05, 4.69) is 79.2 Å². The summed E-state index contributed by atoms with van der Waals surface area (Å²) in [6.07, 6.45) is 0. The molecule has 154 valence electrons. The third-order valence-electron chi connectivity index (χ3n) is 6.13. The minimum atomic E-state index is 0.848. The van der Waals surface area contributed by atoms with Gasteiger partial charge in [-0.1, -0.05) is 0 Å². The van der Waals surface area contributed by atoms with Crippen LogP contribution in [0.1, 0.15) is 23.0 Å². The maximum Gasteiger partial charge on any atom is 0.167 e. The average Bonchev–Trinajstić information content (AvgIpc) is 3.21. The van der Waals surface area contributed by atoms with Crippen LogP contribution in [0.3, 0.4) is 0 Å². The molecule has 0 spiro atoms. The maximum atomic E-state index is 4.65. The van der Waals surface area contributed by atoms with Crippen LogP contribution in [-0.2, 0) is 13.1 Å². The van der Waals surface area contributed by atoms with E-state index in [-0.39, 0.29) is 0 Å². The van der Waals surface area contributed by atoms with E-state index < -0.39 is 0 Å². The van der Waals surface area contributed by atoms with Crippen molar-refractivity contribution in [2.24, 2.45) is 0 Å². The van der Waals surface area contributed by atoms with Crippen molar-refractivity contribution in [2.75, 3.05) is 66.5 Å². The summed E-state index contributed by atoms with van der Waals surface area (Å²) >= 11 is 0. The second-order valence-electron chi connectivity index (χ2n) is 8.43. The molecule has 0 aliphatic carbocycles. The molecule has 4 rings (SSSR count). The molecule has 2 aromatic heterocycles. The van der Waals surface area contributed by atoms with Crippen molar-refractivity contribution in [1.82, 2.24) is 39.1 Å². The zero-order chi connectivity index (χ0) is 19.7. The summed E-state index contributed by atoms with van der Waals surface area (Å²) in [7, 11) is 4.39. The Morgan fingerprint density at radius 3 is 1.43 bits per heavy atom. The van der Waals surface area contributed by atoms with Gasteiger partial charge in [0.1, 0.15) is 0 Å². The Bertz CT molecular complexity index is 717. The predicted molar refractivity (Wildman–Crippen MR) is 110 cm³/mol. The first-order valence-corrected chi connectivity index (χ1v) is 10.4. The zero-order valence-corrected chi connectivity index (χ0v) is 17.8. The zero-order valence-electron chi connectivity index (χ0n) is 17.8. The van der Waals surface area contributed by atoms with E-state index >= 15 is 0 Å². The van der Waals surface area contributed by atoms with E-state index in [9.17, 15) is 0 Å². The largest absolute Gasteiger partial charge is 0.304 e. The highest BCUT2D eigenvalue weighted by Gasteiger charge is 2.23. The lowest BCUT2D eigenvalue weighted by Crippen LogP contribution is -2.45. The molecule has 0 N–H and O–H groups in total. The first kappa shape index (κ1) is 19.6. The van der Waals surface area contributed by atoms with Gasteiger partial charge in [-0.25, -0.2) is 4.68 Å². The number of rotatable bonds is 5. The van der Waals surface area contributed by atoms with Gasteiger partial charge in [0.2, 0.25) is 0 Å². The number of hydrogen-bond acceptors (Lipinski definition) is 6. The van der Waals surface area contributed by atoms with Crippen molar-refractivity contribution in [3.05, 3.63) is 35.2 Å². The predicted octanol–water partition coefficient (Wildman–Crippen LogP) is 0.503. The Balaban J connectivity index is 1.60. The lowest BCUT2D eigenvalue weighted by molar-refractivity contribution is 0.139. The minimum Gasteiger partial charge on any atom is -0.304 e. The van der Waals surface area contributed by atoms with Crippen molar-refractivity contribution < 1.29 is 0 Å². The Morgan fingerprint density at radius 1 is 0.643 bits per heavy atom.